The van der Waals surface area contributed by atoms with E-state index in [0.717, 1.165) is 5.75 Å². The van der Waals surface area contributed by atoms with Crippen molar-refractivity contribution in [2.45, 2.75) is 6.92 Å². The monoisotopic (exact) mass is 240 g/mol. The normalized spacial score (nSPS) is 10.7. The summed E-state index contributed by atoms with van der Waals surface area (Å²) in [6.07, 6.45) is 0. The van der Waals surface area contributed by atoms with Crippen LogP contribution < -0.4 is 10.5 Å². The van der Waals surface area contributed by atoms with Crippen LogP contribution in [0.15, 0.2) is 47.0 Å². The summed E-state index contributed by atoms with van der Waals surface area (Å²) in [5.41, 5.74) is 7.58. The maximum atomic E-state index is 5.81. The topological polar surface area (TPSA) is 61.3 Å². The van der Waals surface area contributed by atoms with Gasteiger partial charge >= 0.3 is 0 Å². The van der Waals surface area contributed by atoms with Crippen LogP contribution >= 0.6 is 0 Å². The van der Waals surface area contributed by atoms with Crippen LogP contribution in [-0.4, -0.2) is 5.16 Å². The van der Waals surface area contributed by atoms with Gasteiger partial charge in [0.1, 0.15) is 16.9 Å². The standard InChI is InChI=1S/C14H12N2O2/c1-9-5-7-10(8-6-9)17-11-3-2-4-12-13(11)14(15)16-18-12/h2-8H,1H3,(H2,15,16). The summed E-state index contributed by atoms with van der Waals surface area (Å²) in [4.78, 5) is 0. The smallest absolute Gasteiger partial charge is 0.178 e. The minimum Gasteiger partial charge on any atom is -0.456 e. The Labute approximate surface area is 104 Å². The summed E-state index contributed by atoms with van der Waals surface area (Å²) in [5.74, 6) is 1.75. The van der Waals surface area contributed by atoms with Crippen molar-refractivity contribution in [2.24, 2.45) is 0 Å². The van der Waals surface area contributed by atoms with Crippen LogP contribution in [-0.2, 0) is 0 Å². The zero-order valence-corrected chi connectivity index (χ0v) is 9.88. The van der Waals surface area contributed by atoms with Gasteiger partial charge in [-0.15, -0.1) is 0 Å². The van der Waals surface area contributed by atoms with Crippen molar-refractivity contribution in [3.8, 4) is 11.5 Å². The van der Waals surface area contributed by atoms with Crippen molar-refractivity contribution in [2.75, 3.05) is 5.73 Å². The first-order valence-corrected chi connectivity index (χ1v) is 5.62. The summed E-state index contributed by atoms with van der Waals surface area (Å²) in [6.45, 7) is 2.03. The van der Waals surface area contributed by atoms with Gasteiger partial charge in [0, 0.05) is 0 Å². The summed E-state index contributed by atoms with van der Waals surface area (Å²) in [5, 5.41) is 4.44. The first kappa shape index (κ1) is 10.7. The van der Waals surface area contributed by atoms with Crippen LogP contribution in [0.5, 0.6) is 11.5 Å². The number of anilines is 1. The quantitative estimate of drug-likeness (QED) is 0.744. The highest BCUT2D eigenvalue weighted by atomic mass is 16.5. The number of aryl methyl sites for hydroxylation is 1. The molecule has 4 nitrogen and oxygen atoms in total. The maximum Gasteiger partial charge on any atom is 0.178 e. The first-order valence-electron chi connectivity index (χ1n) is 5.62. The van der Waals surface area contributed by atoms with E-state index < -0.39 is 0 Å². The van der Waals surface area contributed by atoms with Gasteiger partial charge in [0.25, 0.3) is 0 Å². The van der Waals surface area contributed by atoms with E-state index in [9.17, 15) is 0 Å². The molecule has 0 aliphatic rings. The molecule has 0 fully saturated rings. The van der Waals surface area contributed by atoms with Crippen molar-refractivity contribution in [1.82, 2.24) is 5.16 Å². The van der Waals surface area contributed by atoms with E-state index in [-0.39, 0.29) is 0 Å². The zero-order valence-electron chi connectivity index (χ0n) is 9.88. The molecule has 0 amide bonds. The van der Waals surface area contributed by atoms with E-state index in [0.29, 0.717) is 22.5 Å². The molecule has 3 rings (SSSR count). The van der Waals surface area contributed by atoms with Gasteiger partial charge in [-0.2, -0.15) is 0 Å². The second-order valence-electron chi connectivity index (χ2n) is 4.11. The SMILES string of the molecule is Cc1ccc(Oc2cccc3onc(N)c23)cc1. The summed E-state index contributed by atoms with van der Waals surface area (Å²) >= 11 is 0. The van der Waals surface area contributed by atoms with Crippen molar-refractivity contribution in [1.29, 1.82) is 0 Å². The Morgan fingerprint density at radius 2 is 1.89 bits per heavy atom. The largest absolute Gasteiger partial charge is 0.456 e. The van der Waals surface area contributed by atoms with Gasteiger partial charge in [0.05, 0.1) is 0 Å². The number of benzene rings is 2. The highest BCUT2D eigenvalue weighted by Gasteiger charge is 2.11. The van der Waals surface area contributed by atoms with Crippen LogP contribution in [0.4, 0.5) is 5.82 Å². The van der Waals surface area contributed by atoms with E-state index in [1.165, 1.54) is 5.56 Å². The molecule has 0 radical (unpaired) electrons. The van der Waals surface area contributed by atoms with Crippen LogP contribution in [0.3, 0.4) is 0 Å². The lowest BCUT2D eigenvalue weighted by atomic mass is 10.2. The number of aromatic nitrogens is 1. The lowest BCUT2D eigenvalue weighted by molar-refractivity contribution is 0.459. The average Bonchev–Trinajstić information content (AvgIpc) is 2.75. The van der Waals surface area contributed by atoms with Gasteiger partial charge in [0.15, 0.2) is 11.4 Å². The first-order chi connectivity index (χ1) is 8.74. The van der Waals surface area contributed by atoms with E-state index in [4.69, 9.17) is 15.0 Å². The number of hydrogen-bond donors (Lipinski definition) is 1. The lowest BCUT2D eigenvalue weighted by Gasteiger charge is -2.06. The molecule has 90 valence electrons. The third-order valence-electron chi connectivity index (χ3n) is 2.74. The fourth-order valence-corrected chi connectivity index (χ4v) is 1.80. The summed E-state index contributed by atoms with van der Waals surface area (Å²) < 4.78 is 10.9. The number of rotatable bonds is 2. The third kappa shape index (κ3) is 1.78. The summed E-state index contributed by atoms with van der Waals surface area (Å²) in [6, 6.07) is 13.3. The fourth-order valence-electron chi connectivity index (χ4n) is 1.80. The van der Waals surface area contributed by atoms with Gasteiger partial charge in [-0.05, 0) is 31.2 Å². The van der Waals surface area contributed by atoms with Crippen molar-refractivity contribution >= 4 is 16.8 Å². The van der Waals surface area contributed by atoms with E-state index in [1.807, 2.05) is 43.3 Å². The molecule has 1 heterocycles. The Bertz CT molecular complexity index is 687. The van der Waals surface area contributed by atoms with E-state index >= 15 is 0 Å². The van der Waals surface area contributed by atoms with Gasteiger partial charge in [-0.3, -0.25) is 0 Å². The number of nitrogens with zero attached hydrogens (tertiary/aromatic N) is 1. The Balaban J connectivity index is 2.04. The zero-order chi connectivity index (χ0) is 12.5. The molecule has 0 bridgehead atoms. The Kier molecular flexibility index (Phi) is 2.41. The molecule has 0 saturated carbocycles. The molecule has 0 spiro atoms. The molecule has 0 atom stereocenters. The predicted molar refractivity (Wildman–Crippen MR) is 69.7 cm³/mol. The second-order valence-corrected chi connectivity index (χ2v) is 4.11. The van der Waals surface area contributed by atoms with Crippen molar-refractivity contribution < 1.29 is 9.26 Å². The highest BCUT2D eigenvalue weighted by Crippen LogP contribution is 2.33. The van der Waals surface area contributed by atoms with Crippen LogP contribution in [0.2, 0.25) is 0 Å². The lowest BCUT2D eigenvalue weighted by Crippen LogP contribution is -1.88. The van der Waals surface area contributed by atoms with Crippen molar-refractivity contribution in [3.63, 3.8) is 0 Å². The van der Waals surface area contributed by atoms with Gasteiger partial charge < -0.3 is 15.0 Å². The van der Waals surface area contributed by atoms with Gasteiger partial charge in [-0.25, -0.2) is 0 Å². The Morgan fingerprint density at radius 1 is 1.11 bits per heavy atom. The Morgan fingerprint density at radius 3 is 2.67 bits per heavy atom. The molecule has 2 aromatic carbocycles. The second kappa shape index (κ2) is 4.07. The van der Waals surface area contributed by atoms with Crippen LogP contribution in [0.25, 0.3) is 11.0 Å². The number of fused-ring (bicyclic) bond motifs is 1. The molecule has 1 aromatic heterocycles. The fraction of sp³-hybridized carbons (Fsp3) is 0.0714. The molecule has 0 aliphatic carbocycles. The molecule has 2 N–H and O–H groups in total. The maximum absolute atomic E-state index is 5.81. The van der Waals surface area contributed by atoms with E-state index in [2.05, 4.69) is 5.16 Å². The number of nitrogens with two attached hydrogens (primary N) is 1. The molecule has 0 saturated heterocycles. The van der Waals surface area contributed by atoms with Crippen LogP contribution in [0.1, 0.15) is 5.56 Å². The average molecular weight is 240 g/mol. The molecule has 3 aromatic rings. The van der Waals surface area contributed by atoms with Gasteiger partial charge in [0.2, 0.25) is 0 Å². The molecular weight excluding hydrogens is 228 g/mol. The molecule has 4 heteroatoms. The van der Waals surface area contributed by atoms with E-state index in [1.54, 1.807) is 6.07 Å². The minimum absolute atomic E-state index is 0.340. The highest BCUT2D eigenvalue weighted by molar-refractivity contribution is 5.92. The predicted octanol–water partition coefficient (Wildman–Crippen LogP) is 3.51. The molecule has 0 aliphatic heterocycles. The number of ether oxygens (including phenoxy) is 1. The number of hydrogen-bond acceptors (Lipinski definition) is 4. The molecular formula is C14H12N2O2. The number of nitrogen functional groups attached to an aromatic ring is 1. The molecule has 0 unspecified atom stereocenters. The van der Waals surface area contributed by atoms with Crippen molar-refractivity contribution in [3.05, 3.63) is 48.0 Å². The van der Waals surface area contributed by atoms with Crippen LogP contribution in [0, 0.1) is 6.92 Å². The van der Waals surface area contributed by atoms with Gasteiger partial charge in [-0.1, -0.05) is 28.9 Å². The molecule has 18 heavy (non-hydrogen) atoms. The third-order valence-corrected chi connectivity index (χ3v) is 2.74. The Hall–Kier alpha value is -2.49. The minimum atomic E-state index is 0.340. The summed E-state index contributed by atoms with van der Waals surface area (Å²) in [7, 11) is 0.